The van der Waals surface area contributed by atoms with Crippen LogP contribution in [0.4, 0.5) is 5.82 Å². The minimum absolute atomic E-state index is 0.0889. The molecule has 3 aromatic carbocycles. The number of hydrogen-bond donors (Lipinski definition) is 1. The first-order chi connectivity index (χ1) is 19.0. The smallest absolute Gasteiger partial charge is 0.251 e. The average Bonchev–Trinajstić information content (AvgIpc) is 2.97. The second-order valence-corrected chi connectivity index (χ2v) is 11.1. The third-order valence-corrected chi connectivity index (χ3v) is 7.97. The number of likely N-dealkylation sites (N-methyl/N-ethyl adjacent to an activating group) is 1. The number of halogens is 1. The molecular formula is C31H32ClN5OS. The molecule has 4 aromatic rings. The van der Waals surface area contributed by atoms with Crippen LogP contribution in [-0.2, 0) is 12.2 Å². The molecule has 6 nitrogen and oxygen atoms in total. The molecular weight excluding hydrogens is 526 g/mol. The second-order valence-electron chi connectivity index (χ2n) is 9.73. The largest absolute Gasteiger partial charge is 0.354 e. The number of rotatable bonds is 9. The van der Waals surface area contributed by atoms with E-state index in [-0.39, 0.29) is 11.9 Å². The molecule has 0 bridgehead atoms. The predicted molar refractivity (Wildman–Crippen MR) is 160 cm³/mol. The number of benzene rings is 3. The summed E-state index contributed by atoms with van der Waals surface area (Å²) in [5.41, 5.74) is 3.98. The van der Waals surface area contributed by atoms with Gasteiger partial charge in [-0.05, 0) is 42.3 Å². The summed E-state index contributed by atoms with van der Waals surface area (Å²) in [6.07, 6.45) is 0.723. The Morgan fingerprint density at radius 1 is 0.897 bits per heavy atom. The van der Waals surface area contributed by atoms with Gasteiger partial charge in [0.15, 0.2) is 5.16 Å². The van der Waals surface area contributed by atoms with E-state index in [1.54, 1.807) is 11.8 Å². The number of hydrogen-bond acceptors (Lipinski definition) is 6. The normalized spacial score (nSPS) is 14.7. The van der Waals surface area contributed by atoms with Gasteiger partial charge in [0.1, 0.15) is 11.0 Å². The van der Waals surface area contributed by atoms with Gasteiger partial charge in [0.05, 0.1) is 6.04 Å². The van der Waals surface area contributed by atoms with Crippen LogP contribution in [0.3, 0.4) is 0 Å². The van der Waals surface area contributed by atoms with Gasteiger partial charge in [0, 0.05) is 43.6 Å². The van der Waals surface area contributed by atoms with Crippen molar-refractivity contribution in [2.75, 3.05) is 38.1 Å². The number of amides is 1. The van der Waals surface area contributed by atoms with Gasteiger partial charge in [0.2, 0.25) is 0 Å². The molecule has 2 heterocycles. The highest BCUT2D eigenvalue weighted by Crippen LogP contribution is 2.26. The molecule has 1 fully saturated rings. The zero-order chi connectivity index (χ0) is 27.0. The maximum atomic E-state index is 13.2. The molecule has 5 rings (SSSR count). The van der Waals surface area contributed by atoms with Crippen molar-refractivity contribution < 1.29 is 4.79 Å². The molecule has 1 N–H and O–H groups in total. The lowest BCUT2D eigenvalue weighted by Gasteiger charge is -2.33. The molecule has 39 heavy (non-hydrogen) atoms. The summed E-state index contributed by atoms with van der Waals surface area (Å²) in [7, 11) is 2.13. The molecule has 1 amide bonds. The number of carbonyl (C=O) groups is 1. The van der Waals surface area contributed by atoms with E-state index < -0.39 is 0 Å². The van der Waals surface area contributed by atoms with Crippen LogP contribution >= 0.6 is 23.4 Å². The van der Waals surface area contributed by atoms with E-state index in [1.807, 2.05) is 66.7 Å². The minimum Gasteiger partial charge on any atom is -0.354 e. The lowest BCUT2D eigenvalue weighted by molar-refractivity contribution is 0.0936. The Morgan fingerprint density at radius 2 is 1.56 bits per heavy atom. The standard InChI is InChI=1S/C31H32ClN5OS/c1-36-16-18-37(19-17-36)29-21-28(32)34-31(35-29)39-22-24-12-14-26(15-13-24)30(38)33-27(25-10-6-3-7-11-25)20-23-8-4-2-5-9-23/h2-15,21,27H,16-20,22H2,1H3,(H,33,38). The highest BCUT2D eigenvalue weighted by atomic mass is 35.5. The first-order valence-electron chi connectivity index (χ1n) is 13.1. The van der Waals surface area contributed by atoms with E-state index in [0.29, 0.717) is 21.6 Å². The number of aromatic nitrogens is 2. The summed E-state index contributed by atoms with van der Waals surface area (Å²) in [5, 5.41) is 4.35. The van der Waals surface area contributed by atoms with Gasteiger partial charge in [0.25, 0.3) is 5.91 Å². The van der Waals surface area contributed by atoms with E-state index in [2.05, 4.69) is 51.4 Å². The Kier molecular flexibility index (Phi) is 9.14. The summed E-state index contributed by atoms with van der Waals surface area (Å²) in [5.74, 6) is 1.47. The number of thioether (sulfide) groups is 1. The number of nitrogens with one attached hydrogen (secondary N) is 1. The Bertz CT molecular complexity index is 1360. The second kappa shape index (κ2) is 13.1. The Labute approximate surface area is 239 Å². The van der Waals surface area contributed by atoms with Crippen LogP contribution in [0.15, 0.2) is 96.2 Å². The van der Waals surface area contributed by atoms with Crippen LogP contribution in [0.1, 0.15) is 33.1 Å². The van der Waals surface area contributed by atoms with Crippen molar-refractivity contribution in [1.82, 2.24) is 20.2 Å². The molecule has 1 aliphatic rings. The fraction of sp³-hybridized carbons (Fsp3) is 0.258. The highest BCUT2D eigenvalue weighted by molar-refractivity contribution is 7.98. The monoisotopic (exact) mass is 557 g/mol. The van der Waals surface area contributed by atoms with E-state index in [1.165, 1.54) is 5.56 Å². The van der Waals surface area contributed by atoms with Crippen LogP contribution < -0.4 is 10.2 Å². The van der Waals surface area contributed by atoms with Crippen molar-refractivity contribution in [3.05, 3.63) is 118 Å². The quantitative estimate of drug-likeness (QED) is 0.157. The van der Waals surface area contributed by atoms with Crippen LogP contribution in [0.2, 0.25) is 5.15 Å². The lowest BCUT2D eigenvalue weighted by Crippen LogP contribution is -2.44. The molecule has 1 aromatic heterocycles. The number of carbonyl (C=O) groups excluding carboxylic acids is 1. The van der Waals surface area contributed by atoms with Crippen molar-refractivity contribution >= 4 is 35.1 Å². The fourth-order valence-electron chi connectivity index (χ4n) is 4.58. The van der Waals surface area contributed by atoms with E-state index >= 15 is 0 Å². The van der Waals surface area contributed by atoms with Crippen molar-refractivity contribution in [2.24, 2.45) is 0 Å². The molecule has 1 saturated heterocycles. The molecule has 8 heteroatoms. The first-order valence-corrected chi connectivity index (χ1v) is 14.5. The SMILES string of the molecule is CN1CCN(c2cc(Cl)nc(SCc3ccc(C(=O)NC(Cc4ccccc4)c4ccccc4)cc3)n2)CC1. The van der Waals surface area contributed by atoms with Gasteiger partial charge in [-0.2, -0.15) is 0 Å². The van der Waals surface area contributed by atoms with Gasteiger partial charge in [-0.25, -0.2) is 9.97 Å². The fourth-order valence-corrected chi connectivity index (χ4v) is 5.61. The number of nitrogens with zero attached hydrogens (tertiary/aromatic N) is 4. The van der Waals surface area contributed by atoms with Crippen LogP contribution in [0, 0.1) is 0 Å². The highest BCUT2D eigenvalue weighted by Gasteiger charge is 2.18. The molecule has 1 atom stereocenters. The molecule has 1 aliphatic heterocycles. The zero-order valence-electron chi connectivity index (χ0n) is 22.0. The van der Waals surface area contributed by atoms with Crippen LogP contribution in [-0.4, -0.2) is 54.0 Å². The Morgan fingerprint density at radius 3 is 2.26 bits per heavy atom. The van der Waals surface area contributed by atoms with E-state index in [4.69, 9.17) is 16.6 Å². The summed E-state index contributed by atoms with van der Waals surface area (Å²) < 4.78 is 0. The van der Waals surface area contributed by atoms with Crippen molar-refractivity contribution in [3.63, 3.8) is 0 Å². The summed E-state index contributed by atoms with van der Waals surface area (Å²) >= 11 is 7.87. The minimum atomic E-state index is -0.120. The number of anilines is 1. The van der Waals surface area contributed by atoms with Gasteiger partial charge in [-0.1, -0.05) is 96.2 Å². The average molecular weight is 558 g/mol. The van der Waals surface area contributed by atoms with Crippen molar-refractivity contribution in [3.8, 4) is 0 Å². The van der Waals surface area contributed by atoms with E-state index in [9.17, 15) is 4.79 Å². The van der Waals surface area contributed by atoms with Gasteiger partial charge >= 0.3 is 0 Å². The maximum Gasteiger partial charge on any atom is 0.251 e. The van der Waals surface area contributed by atoms with Crippen molar-refractivity contribution in [2.45, 2.75) is 23.4 Å². The summed E-state index contributed by atoms with van der Waals surface area (Å²) in [4.78, 5) is 26.9. The molecule has 0 radical (unpaired) electrons. The molecule has 0 aliphatic carbocycles. The Hall–Kier alpha value is -3.39. The van der Waals surface area contributed by atoms with E-state index in [0.717, 1.165) is 49.5 Å². The molecule has 0 spiro atoms. The van der Waals surface area contributed by atoms with Gasteiger partial charge in [-0.3, -0.25) is 4.79 Å². The van der Waals surface area contributed by atoms with Crippen molar-refractivity contribution in [1.29, 1.82) is 0 Å². The van der Waals surface area contributed by atoms with Gasteiger partial charge < -0.3 is 15.1 Å². The van der Waals surface area contributed by atoms with Crippen LogP contribution in [0.25, 0.3) is 0 Å². The first kappa shape index (κ1) is 27.2. The van der Waals surface area contributed by atoms with Crippen LogP contribution in [0.5, 0.6) is 0 Å². The van der Waals surface area contributed by atoms with Gasteiger partial charge in [-0.15, -0.1) is 0 Å². The summed E-state index contributed by atoms with van der Waals surface area (Å²) in [6.45, 7) is 3.85. The third-order valence-electron chi connectivity index (χ3n) is 6.86. The number of piperazine rings is 1. The topological polar surface area (TPSA) is 61.4 Å². The Balaban J connectivity index is 1.21. The summed E-state index contributed by atoms with van der Waals surface area (Å²) in [6, 6.07) is 29.8. The molecule has 200 valence electrons. The maximum absolute atomic E-state index is 13.2. The molecule has 1 unspecified atom stereocenters. The zero-order valence-corrected chi connectivity index (χ0v) is 23.5. The predicted octanol–water partition coefficient (Wildman–Crippen LogP) is 5.89. The lowest BCUT2D eigenvalue weighted by atomic mass is 9.98. The third kappa shape index (κ3) is 7.60. The molecule has 0 saturated carbocycles.